The third-order valence-electron chi connectivity index (χ3n) is 2.56. The van der Waals surface area contributed by atoms with Crippen molar-refractivity contribution in [2.75, 3.05) is 0 Å². The Kier molecular flexibility index (Phi) is 4.71. The number of phenolic OH excluding ortho intramolecular Hbond substituents is 2. The molecule has 0 saturated heterocycles. The second-order valence-electron chi connectivity index (χ2n) is 4.20. The second-order valence-corrected chi connectivity index (χ2v) is 4.20. The lowest BCUT2D eigenvalue weighted by molar-refractivity contribution is -0.141. The van der Waals surface area contributed by atoms with Crippen LogP contribution in [0.5, 0.6) is 11.5 Å². The predicted octanol–water partition coefficient (Wildman–Crippen LogP) is -0.443. The fourth-order valence-electron chi connectivity index (χ4n) is 1.42. The summed E-state index contributed by atoms with van der Waals surface area (Å²) >= 11 is 0. The molecule has 1 unspecified atom stereocenters. The minimum atomic E-state index is -1.15. The van der Waals surface area contributed by atoms with Gasteiger partial charge in [0.05, 0.1) is 6.04 Å². The number of phenols is 2. The van der Waals surface area contributed by atoms with E-state index in [1.54, 1.807) is 0 Å². The van der Waals surface area contributed by atoms with Gasteiger partial charge in [0.15, 0.2) is 11.5 Å². The number of amides is 1. The zero-order valence-electron chi connectivity index (χ0n) is 10.3. The molecular formula is C12H16N2O5. The minimum absolute atomic E-state index is 0.117. The molecule has 1 aromatic carbocycles. The van der Waals surface area contributed by atoms with E-state index >= 15 is 0 Å². The monoisotopic (exact) mass is 268 g/mol. The lowest BCUT2D eigenvalue weighted by Gasteiger charge is -2.15. The van der Waals surface area contributed by atoms with E-state index in [9.17, 15) is 14.7 Å². The van der Waals surface area contributed by atoms with Crippen LogP contribution in [0.4, 0.5) is 0 Å². The lowest BCUT2D eigenvalue weighted by Crippen LogP contribution is -2.48. The van der Waals surface area contributed by atoms with Gasteiger partial charge in [0.2, 0.25) is 5.91 Å². The van der Waals surface area contributed by atoms with Crippen molar-refractivity contribution in [1.29, 1.82) is 0 Å². The second kappa shape index (κ2) is 6.05. The van der Waals surface area contributed by atoms with Crippen molar-refractivity contribution in [2.45, 2.75) is 25.4 Å². The molecule has 0 aliphatic heterocycles. The maximum absolute atomic E-state index is 11.6. The number of aromatic hydroxyl groups is 2. The maximum Gasteiger partial charge on any atom is 0.325 e. The number of carbonyl (C=O) groups is 2. The van der Waals surface area contributed by atoms with Crippen LogP contribution in [0.15, 0.2) is 18.2 Å². The van der Waals surface area contributed by atoms with Gasteiger partial charge in [0, 0.05) is 0 Å². The van der Waals surface area contributed by atoms with Gasteiger partial charge in [-0.2, -0.15) is 0 Å². The van der Waals surface area contributed by atoms with Crippen LogP contribution in [-0.4, -0.2) is 39.3 Å². The highest BCUT2D eigenvalue weighted by atomic mass is 16.4. The van der Waals surface area contributed by atoms with E-state index in [1.807, 2.05) is 0 Å². The van der Waals surface area contributed by atoms with Gasteiger partial charge < -0.3 is 26.4 Å². The number of nitrogens with one attached hydrogen (secondary N) is 1. The fraction of sp³-hybridized carbons (Fsp3) is 0.333. The normalized spacial score (nSPS) is 13.6. The number of rotatable bonds is 5. The van der Waals surface area contributed by atoms with Crippen molar-refractivity contribution >= 4 is 11.9 Å². The van der Waals surface area contributed by atoms with E-state index in [2.05, 4.69) is 5.32 Å². The first-order chi connectivity index (χ1) is 8.81. The number of carboxylic acids is 1. The summed E-state index contributed by atoms with van der Waals surface area (Å²) in [4.78, 5) is 22.2. The van der Waals surface area contributed by atoms with Crippen LogP contribution in [0.3, 0.4) is 0 Å². The van der Waals surface area contributed by atoms with Gasteiger partial charge in [-0.15, -0.1) is 0 Å². The average molecular weight is 268 g/mol. The summed E-state index contributed by atoms with van der Waals surface area (Å²) in [5, 5.41) is 29.3. The molecule has 0 aliphatic carbocycles. The van der Waals surface area contributed by atoms with Gasteiger partial charge in [-0.05, 0) is 31.0 Å². The zero-order valence-corrected chi connectivity index (χ0v) is 10.3. The number of carboxylic acid groups (broad SMARTS) is 1. The van der Waals surface area contributed by atoms with Crippen molar-refractivity contribution in [3.8, 4) is 11.5 Å². The van der Waals surface area contributed by atoms with Crippen molar-refractivity contribution in [1.82, 2.24) is 5.32 Å². The lowest BCUT2D eigenvalue weighted by atomic mass is 10.1. The highest BCUT2D eigenvalue weighted by Crippen LogP contribution is 2.25. The molecule has 0 heterocycles. The molecule has 0 aliphatic rings. The smallest absolute Gasteiger partial charge is 0.325 e. The molecule has 104 valence electrons. The molecule has 1 aromatic rings. The number of nitrogens with two attached hydrogens (primary N) is 1. The summed E-state index contributed by atoms with van der Waals surface area (Å²) in [6.07, 6.45) is 0.117. The molecule has 0 spiro atoms. The number of aliphatic carboxylic acids is 1. The summed E-state index contributed by atoms with van der Waals surface area (Å²) in [7, 11) is 0. The van der Waals surface area contributed by atoms with E-state index < -0.39 is 24.0 Å². The summed E-state index contributed by atoms with van der Waals surface area (Å²) < 4.78 is 0. The number of hydrogen-bond donors (Lipinski definition) is 5. The fourth-order valence-corrected chi connectivity index (χ4v) is 1.42. The Morgan fingerprint density at radius 3 is 2.47 bits per heavy atom. The summed E-state index contributed by atoms with van der Waals surface area (Å²) in [6, 6.07) is 2.14. The summed E-state index contributed by atoms with van der Waals surface area (Å²) in [6.45, 7) is 1.33. The van der Waals surface area contributed by atoms with E-state index in [0.717, 1.165) is 0 Å². The molecule has 7 nitrogen and oxygen atoms in total. The molecular weight excluding hydrogens is 252 g/mol. The van der Waals surface area contributed by atoms with E-state index in [4.69, 9.17) is 15.9 Å². The van der Waals surface area contributed by atoms with Gasteiger partial charge >= 0.3 is 5.97 Å². The molecule has 7 heteroatoms. The quantitative estimate of drug-likeness (QED) is 0.460. The van der Waals surface area contributed by atoms with Crippen LogP contribution in [0, 0.1) is 0 Å². The third kappa shape index (κ3) is 4.14. The van der Waals surface area contributed by atoms with E-state index in [0.29, 0.717) is 5.56 Å². The first kappa shape index (κ1) is 14.8. The maximum atomic E-state index is 11.6. The molecule has 1 rings (SSSR count). The Bertz CT molecular complexity index is 489. The van der Waals surface area contributed by atoms with Crippen molar-refractivity contribution in [2.24, 2.45) is 5.73 Å². The minimum Gasteiger partial charge on any atom is -0.504 e. The number of benzene rings is 1. The number of hydrogen-bond acceptors (Lipinski definition) is 5. The predicted molar refractivity (Wildman–Crippen MR) is 66.7 cm³/mol. The van der Waals surface area contributed by atoms with Crippen LogP contribution < -0.4 is 11.1 Å². The van der Waals surface area contributed by atoms with Crippen molar-refractivity contribution in [3.63, 3.8) is 0 Å². The Morgan fingerprint density at radius 1 is 1.32 bits per heavy atom. The van der Waals surface area contributed by atoms with E-state index in [-0.39, 0.29) is 17.9 Å². The van der Waals surface area contributed by atoms with Crippen LogP contribution in [-0.2, 0) is 16.0 Å². The molecule has 1 amide bonds. The molecule has 19 heavy (non-hydrogen) atoms. The zero-order chi connectivity index (χ0) is 14.6. The molecule has 2 atom stereocenters. The van der Waals surface area contributed by atoms with Crippen LogP contribution in [0.1, 0.15) is 12.5 Å². The standard InChI is InChI=1S/C12H16N2O5/c1-6(12(18)19)14-11(17)8(13)4-7-2-3-9(15)10(16)5-7/h2-3,5-6,8,15-16H,4,13H2,1H3,(H,14,17)(H,18,19)/t6?,8-/m0/s1. The van der Waals surface area contributed by atoms with Gasteiger partial charge in [0.1, 0.15) is 6.04 Å². The van der Waals surface area contributed by atoms with Gasteiger partial charge in [-0.3, -0.25) is 9.59 Å². The SMILES string of the molecule is CC(NC(=O)[C@@H](N)Cc1ccc(O)c(O)c1)C(=O)O. The molecule has 6 N–H and O–H groups in total. The highest BCUT2D eigenvalue weighted by Gasteiger charge is 2.19. The molecule has 0 saturated carbocycles. The number of carbonyl (C=O) groups excluding carboxylic acids is 1. The average Bonchev–Trinajstić information content (AvgIpc) is 2.33. The Hall–Kier alpha value is -2.28. The van der Waals surface area contributed by atoms with Gasteiger partial charge in [0.25, 0.3) is 0 Å². The molecule has 0 fully saturated rings. The van der Waals surface area contributed by atoms with Crippen LogP contribution >= 0.6 is 0 Å². The largest absolute Gasteiger partial charge is 0.504 e. The molecule has 0 bridgehead atoms. The van der Waals surface area contributed by atoms with Crippen LogP contribution in [0.25, 0.3) is 0 Å². The third-order valence-corrected chi connectivity index (χ3v) is 2.56. The highest BCUT2D eigenvalue weighted by molar-refractivity contribution is 5.86. The topological polar surface area (TPSA) is 133 Å². The molecule has 0 radical (unpaired) electrons. The Labute approximate surface area is 109 Å². The van der Waals surface area contributed by atoms with Crippen LogP contribution in [0.2, 0.25) is 0 Å². The summed E-state index contributed by atoms with van der Waals surface area (Å²) in [5.41, 5.74) is 6.19. The summed E-state index contributed by atoms with van der Waals surface area (Å²) in [5.74, 6) is -2.31. The Morgan fingerprint density at radius 2 is 1.95 bits per heavy atom. The van der Waals surface area contributed by atoms with Gasteiger partial charge in [-0.25, -0.2) is 0 Å². The molecule has 0 aromatic heterocycles. The first-order valence-corrected chi connectivity index (χ1v) is 5.61. The van der Waals surface area contributed by atoms with Gasteiger partial charge in [-0.1, -0.05) is 6.07 Å². The van der Waals surface area contributed by atoms with E-state index in [1.165, 1.54) is 25.1 Å². The first-order valence-electron chi connectivity index (χ1n) is 5.61. The van der Waals surface area contributed by atoms with Crippen molar-refractivity contribution in [3.05, 3.63) is 23.8 Å². The Balaban J connectivity index is 2.63. The van der Waals surface area contributed by atoms with Crippen molar-refractivity contribution < 1.29 is 24.9 Å².